The molecule has 4 rings (SSSR count). The lowest BCUT2D eigenvalue weighted by atomic mass is 10.2. The topological polar surface area (TPSA) is 73.0 Å². The van der Waals surface area contributed by atoms with Crippen LogP contribution in [0.3, 0.4) is 0 Å². The van der Waals surface area contributed by atoms with Crippen LogP contribution in [0.2, 0.25) is 0 Å². The molecule has 24 heavy (non-hydrogen) atoms. The van der Waals surface area contributed by atoms with Crippen LogP contribution in [-0.4, -0.2) is 20.7 Å². The molecular formula is C17H12N4O2S. The van der Waals surface area contributed by atoms with E-state index in [0.717, 1.165) is 11.3 Å². The molecule has 3 aromatic heterocycles. The van der Waals surface area contributed by atoms with Crippen molar-refractivity contribution in [1.29, 1.82) is 0 Å². The molecule has 1 aromatic carbocycles. The normalized spacial score (nSPS) is 10.7. The van der Waals surface area contributed by atoms with E-state index in [1.54, 1.807) is 6.07 Å². The summed E-state index contributed by atoms with van der Waals surface area (Å²) >= 11 is 1.40. The summed E-state index contributed by atoms with van der Waals surface area (Å²) in [6.07, 6.45) is 5.10. The molecule has 0 aliphatic heterocycles. The Labute approximate surface area is 141 Å². The van der Waals surface area contributed by atoms with Crippen LogP contribution >= 0.6 is 11.3 Å². The minimum atomic E-state index is -0.156. The Bertz CT molecular complexity index is 958. The van der Waals surface area contributed by atoms with E-state index in [4.69, 9.17) is 4.42 Å². The average Bonchev–Trinajstić information content (AvgIpc) is 3.35. The zero-order valence-corrected chi connectivity index (χ0v) is 13.2. The van der Waals surface area contributed by atoms with Gasteiger partial charge < -0.3 is 14.3 Å². The quantitative estimate of drug-likeness (QED) is 0.614. The summed E-state index contributed by atoms with van der Waals surface area (Å²) in [6.45, 7) is 0. The van der Waals surface area contributed by atoms with Crippen LogP contribution in [-0.2, 0) is 0 Å². The van der Waals surface area contributed by atoms with E-state index in [1.165, 1.54) is 17.7 Å². The first-order valence-corrected chi connectivity index (χ1v) is 8.08. The molecule has 0 atom stereocenters. The Morgan fingerprint density at radius 3 is 2.83 bits per heavy atom. The number of nitrogens with one attached hydrogen (secondary N) is 1. The summed E-state index contributed by atoms with van der Waals surface area (Å²) in [5, 5.41) is 12.4. The fourth-order valence-corrected chi connectivity index (χ4v) is 3.17. The summed E-state index contributed by atoms with van der Waals surface area (Å²) in [6, 6.07) is 13.1. The monoisotopic (exact) mass is 336 g/mol. The van der Waals surface area contributed by atoms with Crippen molar-refractivity contribution in [1.82, 2.24) is 14.8 Å². The van der Waals surface area contributed by atoms with Gasteiger partial charge in [-0.3, -0.25) is 4.79 Å². The lowest BCUT2D eigenvalue weighted by Crippen LogP contribution is -2.12. The van der Waals surface area contributed by atoms with E-state index in [0.29, 0.717) is 16.5 Å². The summed E-state index contributed by atoms with van der Waals surface area (Å²) in [4.78, 5) is 13.3. The highest BCUT2D eigenvalue weighted by Crippen LogP contribution is 2.24. The van der Waals surface area contributed by atoms with E-state index in [-0.39, 0.29) is 5.91 Å². The molecule has 6 nitrogen and oxygen atoms in total. The summed E-state index contributed by atoms with van der Waals surface area (Å²) in [7, 11) is 0. The first kappa shape index (κ1) is 14.4. The maximum Gasteiger partial charge on any atom is 0.267 e. The van der Waals surface area contributed by atoms with Crippen molar-refractivity contribution in [2.45, 2.75) is 0 Å². The van der Waals surface area contributed by atoms with Gasteiger partial charge in [0.05, 0.1) is 5.69 Å². The zero-order chi connectivity index (χ0) is 16.4. The van der Waals surface area contributed by atoms with Gasteiger partial charge in [-0.1, -0.05) is 6.07 Å². The highest BCUT2D eigenvalue weighted by molar-refractivity contribution is 7.12. The van der Waals surface area contributed by atoms with Gasteiger partial charge in [-0.25, -0.2) is 0 Å². The SMILES string of the molecule is O=C(Nc1cccc(-c2nnco2)c1)c1sccc1-n1cccc1. The van der Waals surface area contributed by atoms with Crippen LogP contribution in [0.4, 0.5) is 5.69 Å². The number of anilines is 1. The standard InChI is InChI=1S/C17H12N4O2S/c22-16(15-14(6-9-24-15)21-7-1-2-8-21)19-13-5-3-4-12(10-13)17-20-18-11-23-17/h1-11H,(H,19,22). The fourth-order valence-electron chi connectivity index (χ4n) is 2.39. The number of hydrogen-bond donors (Lipinski definition) is 1. The third kappa shape index (κ3) is 2.72. The molecule has 0 spiro atoms. The molecule has 7 heteroatoms. The second-order valence-corrected chi connectivity index (χ2v) is 5.92. The molecule has 4 aromatic rings. The molecule has 0 aliphatic rings. The predicted octanol–water partition coefficient (Wildman–Crippen LogP) is 3.84. The Balaban J connectivity index is 1.60. The maximum atomic E-state index is 12.6. The van der Waals surface area contributed by atoms with Gasteiger partial charge >= 0.3 is 0 Å². The molecular weight excluding hydrogens is 324 g/mol. The van der Waals surface area contributed by atoms with Gasteiger partial charge in [0.25, 0.3) is 5.91 Å². The van der Waals surface area contributed by atoms with E-state index < -0.39 is 0 Å². The molecule has 118 valence electrons. The maximum absolute atomic E-state index is 12.6. The minimum Gasteiger partial charge on any atom is -0.423 e. The Hall–Kier alpha value is -3.19. The van der Waals surface area contributed by atoms with Gasteiger partial charge in [-0.05, 0) is 41.8 Å². The lowest BCUT2D eigenvalue weighted by Gasteiger charge is -2.07. The van der Waals surface area contributed by atoms with Crippen molar-refractivity contribution >= 4 is 22.9 Å². The van der Waals surface area contributed by atoms with Crippen molar-refractivity contribution in [2.75, 3.05) is 5.32 Å². The number of amides is 1. The van der Waals surface area contributed by atoms with E-state index >= 15 is 0 Å². The third-order valence-corrected chi connectivity index (χ3v) is 4.36. The number of carbonyl (C=O) groups is 1. The number of thiophene rings is 1. The summed E-state index contributed by atoms with van der Waals surface area (Å²) in [5.74, 6) is 0.256. The minimum absolute atomic E-state index is 0.156. The van der Waals surface area contributed by atoms with Crippen LogP contribution in [0.5, 0.6) is 0 Å². The Morgan fingerprint density at radius 1 is 1.17 bits per heavy atom. The number of aromatic nitrogens is 3. The number of benzene rings is 1. The van der Waals surface area contributed by atoms with Gasteiger partial charge in [0, 0.05) is 23.6 Å². The van der Waals surface area contributed by atoms with Gasteiger partial charge in [0.1, 0.15) is 4.88 Å². The van der Waals surface area contributed by atoms with Crippen molar-refractivity contribution in [3.63, 3.8) is 0 Å². The molecule has 0 fully saturated rings. The van der Waals surface area contributed by atoms with Crippen molar-refractivity contribution in [2.24, 2.45) is 0 Å². The molecule has 1 N–H and O–H groups in total. The van der Waals surface area contributed by atoms with Crippen molar-refractivity contribution < 1.29 is 9.21 Å². The molecule has 0 bridgehead atoms. The van der Waals surface area contributed by atoms with Gasteiger partial charge in [0.2, 0.25) is 12.3 Å². The van der Waals surface area contributed by atoms with Crippen molar-refractivity contribution in [3.8, 4) is 17.1 Å². The molecule has 0 aliphatic carbocycles. The zero-order valence-electron chi connectivity index (χ0n) is 12.4. The molecule has 0 saturated carbocycles. The number of hydrogen-bond acceptors (Lipinski definition) is 5. The number of nitrogens with zero attached hydrogens (tertiary/aromatic N) is 3. The van der Waals surface area contributed by atoms with E-state index in [1.807, 2.05) is 58.7 Å². The Kier molecular flexibility index (Phi) is 3.68. The molecule has 0 unspecified atom stereocenters. The summed E-state index contributed by atoms with van der Waals surface area (Å²) < 4.78 is 7.10. The van der Waals surface area contributed by atoms with Gasteiger partial charge in [-0.15, -0.1) is 21.5 Å². The summed E-state index contributed by atoms with van der Waals surface area (Å²) in [5.41, 5.74) is 2.28. The fraction of sp³-hybridized carbons (Fsp3) is 0. The van der Waals surface area contributed by atoms with E-state index in [9.17, 15) is 4.79 Å². The van der Waals surface area contributed by atoms with Crippen LogP contribution in [0.1, 0.15) is 9.67 Å². The highest BCUT2D eigenvalue weighted by atomic mass is 32.1. The smallest absolute Gasteiger partial charge is 0.267 e. The van der Waals surface area contributed by atoms with Crippen LogP contribution in [0.25, 0.3) is 17.1 Å². The number of rotatable bonds is 4. The molecule has 1 amide bonds. The second kappa shape index (κ2) is 6.13. The highest BCUT2D eigenvalue weighted by Gasteiger charge is 2.15. The van der Waals surface area contributed by atoms with E-state index in [2.05, 4.69) is 15.5 Å². The Morgan fingerprint density at radius 2 is 2.04 bits per heavy atom. The second-order valence-electron chi connectivity index (χ2n) is 5.00. The molecule has 0 radical (unpaired) electrons. The molecule has 3 heterocycles. The van der Waals surface area contributed by atoms with Crippen LogP contribution in [0.15, 0.2) is 71.0 Å². The predicted molar refractivity (Wildman–Crippen MR) is 91.3 cm³/mol. The van der Waals surface area contributed by atoms with Crippen molar-refractivity contribution in [3.05, 3.63) is 71.5 Å². The lowest BCUT2D eigenvalue weighted by molar-refractivity contribution is 0.103. The van der Waals surface area contributed by atoms with Crippen LogP contribution < -0.4 is 5.32 Å². The third-order valence-electron chi connectivity index (χ3n) is 3.46. The number of carbonyl (C=O) groups excluding carboxylic acids is 1. The van der Waals surface area contributed by atoms with Gasteiger partial charge in [0.15, 0.2) is 0 Å². The first-order chi connectivity index (χ1) is 11.8. The van der Waals surface area contributed by atoms with Gasteiger partial charge in [-0.2, -0.15) is 0 Å². The average molecular weight is 336 g/mol. The largest absolute Gasteiger partial charge is 0.423 e. The molecule has 0 saturated heterocycles. The first-order valence-electron chi connectivity index (χ1n) is 7.20. The van der Waals surface area contributed by atoms with Crippen LogP contribution in [0, 0.1) is 0 Å².